The van der Waals surface area contributed by atoms with E-state index in [9.17, 15) is 14.7 Å². The van der Waals surface area contributed by atoms with Crippen molar-refractivity contribution in [3.8, 4) is 11.5 Å². The summed E-state index contributed by atoms with van der Waals surface area (Å²) >= 11 is 0. The Kier molecular flexibility index (Phi) is 7.91. The Morgan fingerprint density at radius 2 is 1.59 bits per heavy atom. The van der Waals surface area contributed by atoms with Crippen molar-refractivity contribution in [3.05, 3.63) is 54.1 Å². The van der Waals surface area contributed by atoms with Crippen molar-refractivity contribution >= 4 is 17.7 Å². The molecule has 2 amide bonds. The normalized spacial score (nSPS) is 15.0. The first-order chi connectivity index (χ1) is 16.1. The van der Waals surface area contributed by atoms with Gasteiger partial charge in [-0.2, -0.15) is 0 Å². The average molecular weight is 470 g/mol. The van der Waals surface area contributed by atoms with E-state index in [4.69, 9.17) is 9.47 Å². The Labute approximate surface area is 201 Å². The second-order valence-corrected chi connectivity index (χ2v) is 9.49. The summed E-state index contributed by atoms with van der Waals surface area (Å²) < 4.78 is 10.8. The molecule has 2 aromatic carbocycles. The highest BCUT2D eigenvalue weighted by Crippen LogP contribution is 2.22. The number of carbonyl (C=O) groups excluding carboxylic acids is 2. The first-order valence-electron chi connectivity index (χ1n) is 11.5. The summed E-state index contributed by atoms with van der Waals surface area (Å²) in [7, 11) is 3.24. The van der Waals surface area contributed by atoms with Gasteiger partial charge < -0.3 is 24.4 Å². The molecule has 0 spiro atoms. The van der Waals surface area contributed by atoms with Gasteiger partial charge in [0.2, 0.25) is 5.91 Å². The summed E-state index contributed by atoms with van der Waals surface area (Å²) in [6, 6.07) is 13.9. The topological polar surface area (TPSA) is 82.6 Å². The molecule has 1 heterocycles. The molecular formula is C26H35N3O5. The number of rotatable bonds is 6. The van der Waals surface area contributed by atoms with Crippen LogP contribution in [0.15, 0.2) is 48.5 Å². The molecule has 8 nitrogen and oxygen atoms in total. The highest BCUT2D eigenvalue weighted by molar-refractivity contribution is 5.86. The molecule has 34 heavy (non-hydrogen) atoms. The number of methoxy groups -OCH3 is 1. The third-order valence-corrected chi connectivity index (χ3v) is 5.83. The lowest BCUT2D eigenvalue weighted by Gasteiger charge is -2.39. The van der Waals surface area contributed by atoms with Crippen LogP contribution in [0.5, 0.6) is 11.5 Å². The van der Waals surface area contributed by atoms with E-state index in [1.165, 1.54) is 4.90 Å². The maximum absolute atomic E-state index is 13.6. The Morgan fingerprint density at radius 3 is 2.12 bits per heavy atom. The van der Waals surface area contributed by atoms with E-state index in [0.29, 0.717) is 32.6 Å². The van der Waals surface area contributed by atoms with Crippen LogP contribution in [-0.2, 0) is 16.0 Å². The van der Waals surface area contributed by atoms with Crippen molar-refractivity contribution in [2.24, 2.45) is 0 Å². The summed E-state index contributed by atoms with van der Waals surface area (Å²) in [5.74, 6) is 0.845. The van der Waals surface area contributed by atoms with Crippen molar-refractivity contribution in [3.63, 3.8) is 0 Å². The smallest absolute Gasteiger partial charge is 0.410 e. The first-order valence-corrected chi connectivity index (χ1v) is 11.5. The molecule has 3 rings (SSSR count). The van der Waals surface area contributed by atoms with Crippen LogP contribution in [0, 0.1) is 0 Å². The minimum Gasteiger partial charge on any atom is -0.508 e. The lowest BCUT2D eigenvalue weighted by molar-refractivity contribution is -0.136. The fourth-order valence-electron chi connectivity index (χ4n) is 3.90. The fourth-order valence-corrected chi connectivity index (χ4v) is 3.90. The molecule has 1 fully saturated rings. The largest absolute Gasteiger partial charge is 0.508 e. The average Bonchev–Trinajstić information content (AvgIpc) is 2.82. The number of hydrogen-bond acceptors (Lipinski definition) is 6. The van der Waals surface area contributed by atoms with Gasteiger partial charge in [0.1, 0.15) is 23.1 Å². The van der Waals surface area contributed by atoms with E-state index in [2.05, 4.69) is 4.90 Å². The Balaban J connectivity index is 1.72. The van der Waals surface area contributed by atoms with Crippen molar-refractivity contribution in [2.45, 2.75) is 38.8 Å². The molecule has 1 saturated heterocycles. The monoisotopic (exact) mass is 469 g/mol. The van der Waals surface area contributed by atoms with E-state index in [0.717, 1.165) is 17.0 Å². The first kappa shape index (κ1) is 25.2. The van der Waals surface area contributed by atoms with Crippen LogP contribution in [0.1, 0.15) is 26.3 Å². The number of nitrogens with zero attached hydrogens (tertiary/aromatic N) is 3. The Bertz CT molecular complexity index is 961. The van der Waals surface area contributed by atoms with Crippen LogP contribution in [0.2, 0.25) is 0 Å². The van der Waals surface area contributed by atoms with Crippen LogP contribution in [0.3, 0.4) is 0 Å². The molecule has 1 aliphatic heterocycles. The Morgan fingerprint density at radius 1 is 1.00 bits per heavy atom. The quantitative estimate of drug-likeness (QED) is 0.697. The van der Waals surface area contributed by atoms with Crippen molar-refractivity contribution in [1.29, 1.82) is 0 Å². The molecule has 8 heteroatoms. The van der Waals surface area contributed by atoms with Gasteiger partial charge in [-0.3, -0.25) is 9.69 Å². The molecular weight excluding hydrogens is 434 g/mol. The maximum atomic E-state index is 13.6. The number of amides is 2. The predicted molar refractivity (Wildman–Crippen MR) is 131 cm³/mol. The number of carbonyl (C=O) groups is 2. The summed E-state index contributed by atoms with van der Waals surface area (Å²) in [6.07, 6.45) is -0.213. The van der Waals surface area contributed by atoms with Gasteiger partial charge >= 0.3 is 6.09 Å². The lowest BCUT2D eigenvalue weighted by Crippen LogP contribution is -2.56. The van der Waals surface area contributed by atoms with E-state index < -0.39 is 17.7 Å². The van der Waals surface area contributed by atoms with E-state index >= 15 is 0 Å². The molecule has 0 radical (unpaired) electrons. The van der Waals surface area contributed by atoms with Crippen LogP contribution in [0.25, 0.3) is 0 Å². The fraction of sp³-hybridized carbons (Fsp3) is 0.462. The molecule has 184 valence electrons. The van der Waals surface area contributed by atoms with Gasteiger partial charge in [-0.15, -0.1) is 0 Å². The van der Waals surface area contributed by atoms with Gasteiger partial charge in [0, 0.05) is 45.3 Å². The van der Waals surface area contributed by atoms with Crippen molar-refractivity contribution in [2.75, 3.05) is 45.2 Å². The number of aromatic hydroxyl groups is 1. The predicted octanol–water partition coefficient (Wildman–Crippen LogP) is 3.53. The SMILES string of the molecule is COc1ccc(N2CCN(C(=O)[C@H](Cc3ccc(O)cc3)N(C)C(=O)OC(C)(C)C)CC2)cc1. The second-order valence-electron chi connectivity index (χ2n) is 9.49. The molecule has 0 unspecified atom stereocenters. The van der Waals surface area contributed by atoms with E-state index in [1.807, 2.05) is 29.2 Å². The summed E-state index contributed by atoms with van der Waals surface area (Å²) in [5.41, 5.74) is 1.27. The standard InChI is InChI=1S/C26H35N3O5/c1-26(2,3)34-25(32)27(4)23(18-19-6-10-21(30)11-7-19)24(31)29-16-14-28(15-17-29)20-8-12-22(33-5)13-9-20/h6-13,23,30H,14-18H2,1-5H3/t23-/m0/s1. The highest BCUT2D eigenvalue weighted by atomic mass is 16.6. The number of likely N-dealkylation sites (N-methyl/N-ethyl adjacent to an activating group) is 1. The number of anilines is 1. The van der Waals surface area contributed by atoms with Crippen LogP contribution in [-0.4, -0.2) is 78.9 Å². The zero-order valence-electron chi connectivity index (χ0n) is 20.7. The second kappa shape index (κ2) is 10.7. The van der Waals surface area contributed by atoms with Crippen LogP contribution >= 0.6 is 0 Å². The number of phenols is 1. The minimum atomic E-state index is -0.716. The molecule has 1 atom stereocenters. The summed E-state index contributed by atoms with van der Waals surface area (Å²) in [5, 5.41) is 9.61. The molecule has 1 N–H and O–H groups in total. The molecule has 0 aliphatic carbocycles. The number of piperazine rings is 1. The van der Waals surface area contributed by atoms with Gasteiger partial charge in [0.05, 0.1) is 7.11 Å². The number of benzene rings is 2. The third kappa shape index (κ3) is 6.56. The zero-order valence-corrected chi connectivity index (χ0v) is 20.7. The number of hydrogen-bond donors (Lipinski definition) is 1. The van der Waals surface area contributed by atoms with Crippen LogP contribution in [0.4, 0.5) is 10.5 Å². The maximum Gasteiger partial charge on any atom is 0.410 e. The van der Waals surface area contributed by atoms with E-state index in [-0.39, 0.29) is 11.7 Å². The molecule has 0 bridgehead atoms. The van der Waals surface area contributed by atoms with Gasteiger partial charge in [0.25, 0.3) is 0 Å². The lowest BCUT2D eigenvalue weighted by atomic mass is 10.0. The summed E-state index contributed by atoms with van der Waals surface area (Å²) in [6.45, 7) is 7.90. The molecule has 0 saturated carbocycles. The van der Waals surface area contributed by atoms with Crippen LogP contribution < -0.4 is 9.64 Å². The Hall–Kier alpha value is -3.42. The number of phenolic OH excluding ortho intramolecular Hbond substituents is 1. The summed E-state index contributed by atoms with van der Waals surface area (Å²) in [4.78, 5) is 31.8. The van der Waals surface area contributed by atoms with Gasteiger partial charge in [0.15, 0.2) is 0 Å². The van der Waals surface area contributed by atoms with Crippen molar-refractivity contribution in [1.82, 2.24) is 9.80 Å². The number of ether oxygens (including phenoxy) is 2. The van der Waals surface area contributed by atoms with E-state index in [1.54, 1.807) is 59.2 Å². The van der Waals surface area contributed by atoms with Crippen molar-refractivity contribution < 1.29 is 24.2 Å². The van der Waals surface area contributed by atoms with Gasteiger partial charge in [-0.05, 0) is 62.7 Å². The molecule has 1 aliphatic rings. The molecule has 2 aromatic rings. The third-order valence-electron chi connectivity index (χ3n) is 5.83. The molecule has 0 aromatic heterocycles. The minimum absolute atomic E-state index is 0.115. The van der Waals surface area contributed by atoms with Gasteiger partial charge in [-0.25, -0.2) is 4.79 Å². The van der Waals surface area contributed by atoms with Gasteiger partial charge in [-0.1, -0.05) is 12.1 Å². The zero-order chi connectivity index (χ0) is 24.9. The highest BCUT2D eigenvalue weighted by Gasteiger charge is 2.34.